The maximum absolute atomic E-state index is 11.7. The zero-order valence-corrected chi connectivity index (χ0v) is 11.3. The van der Waals surface area contributed by atoms with Crippen LogP contribution in [-0.2, 0) is 6.54 Å². The third-order valence-corrected chi connectivity index (χ3v) is 3.24. The number of ether oxygens (including phenoxy) is 1. The van der Waals surface area contributed by atoms with E-state index in [1.807, 2.05) is 31.2 Å². The first-order chi connectivity index (χ1) is 9.69. The molecule has 0 fully saturated rings. The van der Waals surface area contributed by atoms with Gasteiger partial charge in [-0.15, -0.1) is 0 Å². The number of aromatic amines is 1. The molecule has 3 aromatic rings. The minimum absolute atomic E-state index is 0.216. The highest BCUT2D eigenvalue weighted by Crippen LogP contribution is 2.16. The van der Waals surface area contributed by atoms with Gasteiger partial charge < -0.3 is 4.74 Å². The first kappa shape index (κ1) is 12.4. The van der Waals surface area contributed by atoms with Gasteiger partial charge in [-0.25, -0.2) is 5.10 Å². The van der Waals surface area contributed by atoms with E-state index in [-0.39, 0.29) is 5.56 Å². The van der Waals surface area contributed by atoms with Crippen molar-refractivity contribution in [1.29, 1.82) is 0 Å². The Balaban J connectivity index is 2.02. The third kappa shape index (κ3) is 2.05. The van der Waals surface area contributed by atoms with Gasteiger partial charge in [-0.3, -0.25) is 9.48 Å². The van der Waals surface area contributed by atoms with Gasteiger partial charge in [-0.1, -0.05) is 12.1 Å². The molecule has 6 heteroatoms. The molecule has 0 spiro atoms. The number of H-pyrrole nitrogens is 1. The van der Waals surface area contributed by atoms with Crippen LogP contribution in [-0.4, -0.2) is 27.1 Å². The van der Waals surface area contributed by atoms with E-state index in [1.54, 1.807) is 18.0 Å². The van der Waals surface area contributed by atoms with Gasteiger partial charge in [-0.05, 0) is 24.6 Å². The Hall–Kier alpha value is -2.63. The number of methoxy groups -OCH3 is 1. The molecule has 1 aromatic carbocycles. The summed E-state index contributed by atoms with van der Waals surface area (Å²) >= 11 is 0. The summed E-state index contributed by atoms with van der Waals surface area (Å²) in [5.41, 5.74) is 2.39. The Kier molecular flexibility index (Phi) is 2.98. The molecule has 0 saturated heterocycles. The van der Waals surface area contributed by atoms with Crippen LogP contribution in [0.4, 0.5) is 0 Å². The van der Waals surface area contributed by atoms with Crippen LogP contribution in [0.5, 0.6) is 5.75 Å². The molecule has 0 atom stereocenters. The van der Waals surface area contributed by atoms with Crippen molar-refractivity contribution in [3.63, 3.8) is 0 Å². The van der Waals surface area contributed by atoms with Gasteiger partial charge >= 0.3 is 0 Å². The molecule has 0 saturated carbocycles. The van der Waals surface area contributed by atoms with E-state index in [9.17, 15) is 4.79 Å². The zero-order chi connectivity index (χ0) is 14.1. The Bertz CT molecular complexity index is 802. The largest absolute Gasteiger partial charge is 0.497 e. The van der Waals surface area contributed by atoms with Crippen molar-refractivity contribution in [2.24, 2.45) is 0 Å². The first-order valence-corrected chi connectivity index (χ1v) is 6.23. The monoisotopic (exact) mass is 270 g/mol. The molecule has 0 aliphatic carbocycles. The quantitative estimate of drug-likeness (QED) is 0.782. The van der Waals surface area contributed by atoms with Crippen molar-refractivity contribution >= 4 is 10.9 Å². The summed E-state index contributed by atoms with van der Waals surface area (Å²) < 4.78 is 6.92. The fourth-order valence-corrected chi connectivity index (χ4v) is 2.20. The molecule has 2 aromatic heterocycles. The van der Waals surface area contributed by atoms with E-state index in [1.165, 1.54) is 0 Å². The van der Waals surface area contributed by atoms with E-state index in [0.717, 1.165) is 22.5 Å². The molecule has 0 bridgehead atoms. The summed E-state index contributed by atoms with van der Waals surface area (Å²) in [4.78, 5) is 11.7. The van der Waals surface area contributed by atoms with Crippen molar-refractivity contribution in [2.45, 2.75) is 13.5 Å². The minimum Gasteiger partial charge on any atom is -0.497 e. The number of aryl methyl sites for hydroxylation is 1. The van der Waals surface area contributed by atoms with Crippen molar-refractivity contribution in [3.8, 4) is 5.75 Å². The average molecular weight is 270 g/mol. The highest BCUT2D eigenvalue weighted by molar-refractivity contribution is 5.79. The number of hydrogen-bond donors (Lipinski definition) is 1. The van der Waals surface area contributed by atoms with Crippen LogP contribution in [0.2, 0.25) is 0 Å². The number of hydrogen-bond acceptors (Lipinski definition) is 4. The molecule has 0 aliphatic rings. The summed E-state index contributed by atoms with van der Waals surface area (Å²) in [5.74, 6) is 0.813. The summed E-state index contributed by atoms with van der Waals surface area (Å²) in [7, 11) is 1.64. The van der Waals surface area contributed by atoms with Crippen LogP contribution in [0.3, 0.4) is 0 Å². The molecular formula is C14H14N4O2. The molecule has 102 valence electrons. The van der Waals surface area contributed by atoms with E-state index in [2.05, 4.69) is 15.3 Å². The first-order valence-electron chi connectivity index (χ1n) is 6.23. The Labute approximate surface area is 115 Å². The van der Waals surface area contributed by atoms with Crippen molar-refractivity contribution in [2.75, 3.05) is 7.11 Å². The highest BCUT2D eigenvalue weighted by Gasteiger charge is 2.10. The fraction of sp³-hybridized carbons (Fsp3) is 0.214. The van der Waals surface area contributed by atoms with Gasteiger partial charge in [0.25, 0.3) is 5.56 Å². The molecule has 6 nitrogen and oxygen atoms in total. The Morgan fingerprint density at radius 3 is 2.75 bits per heavy atom. The predicted molar refractivity (Wildman–Crippen MR) is 75.0 cm³/mol. The van der Waals surface area contributed by atoms with Gasteiger partial charge in [0, 0.05) is 0 Å². The standard InChI is InChI=1S/C14H14N4O2/c1-9-13-12(14(19)17-16-9)7-15-18(13)8-10-3-5-11(20-2)6-4-10/h3-7H,8H2,1-2H3,(H,17,19). The van der Waals surface area contributed by atoms with Crippen LogP contribution in [0.15, 0.2) is 35.3 Å². The smallest absolute Gasteiger partial charge is 0.275 e. The van der Waals surface area contributed by atoms with Gasteiger partial charge in [0.05, 0.1) is 36.4 Å². The summed E-state index contributed by atoms with van der Waals surface area (Å²) in [6, 6.07) is 7.75. The maximum Gasteiger partial charge on any atom is 0.275 e. The van der Waals surface area contributed by atoms with Crippen molar-refractivity contribution in [3.05, 3.63) is 52.1 Å². The van der Waals surface area contributed by atoms with Crippen LogP contribution >= 0.6 is 0 Å². The maximum atomic E-state index is 11.7. The van der Waals surface area contributed by atoms with Gasteiger partial charge in [-0.2, -0.15) is 10.2 Å². The minimum atomic E-state index is -0.216. The lowest BCUT2D eigenvalue weighted by atomic mass is 10.2. The lowest BCUT2D eigenvalue weighted by Crippen LogP contribution is -2.11. The number of benzene rings is 1. The normalized spacial score (nSPS) is 10.9. The number of nitrogens with zero attached hydrogens (tertiary/aromatic N) is 3. The molecule has 0 aliphatic heterocycles. The summed E-state index contributed by atoms with van der Waals surface area (Å²) in [6.45, 7) is 2.43. The second-order valence-corrected chi connectivity index (χ2v) is 4.55. The molecule has 0 amide bonds. The van der Waals surface area contributed by atoms with E-state index < -0.39 is 0 Å². The summed E-state index contributed by atoms with van der Waals surface area (Å²) in [6.07, 6.45) is 1.58. The Morgan fingerprint density at radius 2 is 2.05 bits per heavy atom. The van der Waals surface area contributed by atoms with Crippen LogP contribution < -0.4 is 10.3 Å². The molecule has 1 N–H and O–H groups in total. The lowest BCUT2D eigenvalue weighted by molar-refractivity contribution is 0.414. The van der Waals surface area contributed by atoms with E-state index in [4.69, 9.17) is 4.74 Å². The molecule has 2 heterocycles. The van der Waals surface area contributed by atoms with Crippen LogP contribution in [0.25, 0.3) is 10.9 Å². The highest BCUT2D eigenvalue weighted by atomic mass is 16.5. The van der Waals surface area contributed by atoms with Gasteiger partial charge in [0.1, 0.15) is 5.75 Å². The summed E-state index contributed by atoms with van der Waals surface area (Å²) in [5, 5.41) is 11.3. The number of nitrogens with one attached hydrogen (secondary N) is 1. The van der Waals surface area contributed by atoms with Crippen molar-refractivity contribution in [1.82, 2.24) is 20.0 Å². The van der Waals surface area contributed by atoms with E-state index >= 15 is 0 Å². The molecule has 0 radical (unpaired) electrons. The van der Waals surface area contributed by atoms with E-state index in [0.29, 0.717) is 11.9 Å². The zero-order valence-electron chi connectivity index (χ0n) is 11.3. The number of fused-ring (bicyclic) bond motifs is 1. The van der Waals surface area contributed by atoms with Gasteiger partial charge in [0.15, 0.2) is 0 Å². The lowest BCUT2D eigenvalue weighted by Gasteiger charge is -2.06. The van der Waals surface area contributed by atoms with Gasteiger partial charge in [0.2, 0.25) is 0 Å². The fourth-order valence-electron chi connectivity index (χ4n) is 2.20. The van der Waals surface area contributed by atoms with Crippen molar-refractivity contribution < 1.29 is 4.74 Å². The average Bonchev–Trinajstić information content (AvgIpc) is 2.89. The molecule has 0 unspecified atom stereocenters. The van der Waals surface area contributed by atoms with Crippen LogP contribution in [0, 0.1) is 6.92 Å². The topological polar surface area (TPSA) is 72.8 Å². The second kappa shape index (κ2) is 4.80. The number of aromatic nitrogens is 4. The molecule has 20 heavy (non-hydrogen) atoms. The second-order valence-electron chi connectivity index (χ2n) is 4.55. The predicted octanol–water partition coefficient (Wildman–Crippen LogP) is 1.48. The SMILES string of the molecule is COc1ccc(Cn2ncc3c(=O)[nH]nc(C)c32)cc1. The van der Waals surface area contributed by atoms with Crippen LogP contribution in [0.1, 0.15) is 11.3 Å². The molecular weight excluding hydrogens is 256 g/mol. The number of rotatable bonds is 3. The molecule has 3 rings (SSSR count). The Morgan fingerprint density at radius 1 is 1.30 bits per heavy atom. The third-order valence-electron chi connectivity index (χ3n) is 3.24.